The summed E-state index contributed by atoms with van der Waals surface area (Å²) < 4.78 is 0. The van der Waals surface area contributed by atoms with Gasteiger partial charge in [-0.2, -0.15) is 5.26 Å². The van der Waals surface area contributed by atoms with Gasteiger partial charge in [-0.15, -0.1) is 11.3 Å². The minimum absolute atomic E-state index is 0.0652. The summed E-state index contributed by atoms with van der Waals surface area (Å²) in [7, 11) is 0. The Bertz CT molecular complexity index is 1010. The molecule has 9 heteroatoms. The molecule has 30 heavy (non-hydrogen) atoms. The number of primary amides is 1. The molecule has 2 aromatic rings. The molecular formula is C21H22N4O3S2. The van der Waals surface area contributed by atoms with E-state index in [0.29, 0.717) is 10.7 Å². The predicted octanol–water partition coefficient (Wildman–Crippen LogP) is 2.87. The van der Waals surface area contributed by atoms with Crippen LogP contribution in [0.25, 0.3) is 0 Å². The molecule has 2 amide bonds. The summed E-state index contributed by atoms with van der Waals surface area (Å²) in [5.74, 6) is -3.45. The molecule has 1 aromatic carbocycles. The number of hydrogen-bond donors (Lipinski definition) is 3. The maximum atomic E-state index is 13.3. The second-order valence-electron chi connectivity index (χ2n) is 7.23. The van der Waals surface area contributed by atoms with Gasteiger partial charge in [-0.3, -0.25) is 9.59 Å². The van der Waals surface area contributed by atoms with Gasteiger partial charge in [-0.25, -0.2) is 4.99 Å². The van der Waals surface area contributed by atoms with E-state index in [0.717, 1.165) is 22.2 Å². The molecule has 0 saturated carbocycles. The zero-order valence-corrected chi connectivity index (χ0v) is 18.2. The topological polar surface area (TPSA) is 129 Å². The second kappa shape index (κ2) is 9.00. The van der Waals surface area contributed by atoms with Crippen LogP contribution in [-0.2, 0) is 9.59 Å². The number of carbonyl (C=O) groups is 2. The van der Waals surface area contributed by atoms with Crippen molar-refractivity contribution in [2.45, 2.75) is 25.5 Å². The number of aliphatic imine (C=N–C) groups is 1. The van der Waals surface area contributed by atoms with Crippen LogP contribution >= 0.6 is 23.1 Å². The molecule has 2 heterocycles. The van der Waals surface area contributed by atoms with Crippen molar-refractivity contribution in [3.05, 3.63) is 52.2 Å². The zero-order valence-electron chi connectivity index (χ0n) is 16.5. The Balaban J connectivity index is 2.04. The number of amides is 2. The number of nitrogens with two attached hydrogens (primary N) is 1. The molecule has 3 rings (SSSR count). The van der Waals surface area contributed by atoms with Gasteiger partial charge in [-0.1, -0.05) is 36.0 Å². The Morgan fingerprint density at radius 2 is 2.10 bits per heavy atom. The highest BCUT2D eigenvalue weighted by Gasteiger charge is 2.52. The first-order valence-corrected chi connectivity index (χ1v) is 11.1. The average molecular weight is 443 g/mol. The summed E-state index contributed by atoms with van der Waals surface area (Å²) in [6.45, 7) is 3.33. The number of nitrogens with one attached hydrogen (secondary N) is 1. The number of carbonyl (C=O) groups excluding carboxylic acids is 2. The lowest BCUT2D eigenvalue weighted by molar-refractivity contribution is -0.130. The van der Waals surface area contributed by atoms with Crippen LogP contribution in [0.3, 0.4) is 0 Å². The molecule has 7 nitrogen and oxygen atoms in total. The number of anilines is 1. The second-order valence-corrected chi connectivity index (χ2v) is 9.20. The molecule has 0 radical (unpaired) electrons. The van der Waals surface area contributed by atoms with Crippen molar-refractivity contribution < 1.29 is 14.7 Å². The van der Waals surface area contributed by atoms with Crippen molar-refractivity contribution >= 4 is 45.6 Å². The Hall–Kier alpha value is -2.67. The third-order valence-electron chi connectivity index (χ3n) is 4.97. The third-order valence-corrected chi connectivity index (χ3v) is 7.01. The molecule has 0 bridgehead atoms. The number of aliphatic hydroxyl groups is 1. The molecule has 0 spiro atoms. The summed E-state index contributed by atoms with van der Waals surface area (Å²) in [6, 6.07) is 13.2. The summed E-state index contributed by atoms with van der Waals surface area (Å²) in [4.78, 5) is 29.7. The molecule has 4 N–H and O–H groups in total. The van der Waals surface area contributed by atoms with Gasteiger partial charge in [0, 0.05) is 16.5 Å². The highest BCUT2D eigenvalue weighted by atomic mass is 32.2. The Labute approximate surface area is 183 Å². The predicted molar refractivity (Wildman–Crippen MR) is 119 cm³/mol. The molecular weight excluding hydrogens is 420 g/mol. The van der Waals surface area contributed by atoms with Gasteiger partial charge in [0.2, 0.25) is 11.8 Å². The summed E-state index contributed by atoms with van der Waals surface area (Å²) in [5.41, 5.74) is 4.99. The van der Waals surface area contributed by atoms with Gasteiger partial charge in [0.1, 0.15) is 5.92 Å². The van der Waals surface area contributed by atoms with Gasteiger partial charge in [0.15, 0.2) is 5.72 Å². The molecule has 1 aromatic heterocycles. The van der Waals surface area contributed by atoms with Gasteiger partial charge in [0.25, 0.3) is 0 Å². The van der Waals surface area contributed by atoms with E-state index >= 15 is 0 Å². The van der Waals surface area contributed by atoms with Crippen LogP contribution in [0.15, 0.2) is 46.8 Å². The Kier molecular flexibility index (Phi) is 6.61. The zero-order chi connectivity index (χ0) is 21.9. The smallest absolute Gasteiger partial charge is 0.233 e. The van der Waals surface area contributed by atoms with Crippen molar-refractivity contribution in [2.75, 3.05) is 11.1 Å². The van der Waals surface area contributed by atoms with Crippen LogP contribution in [0.4, 0.5) is 5.69 Å². The lowest BCUT2D eigenvalue weighted by Crippen LogP contribution is -2.51. The highest BCUT2D eigenvalue weighted by molar-refractivity contribution is 8.14. The summed E-state index contributed by atoms with van der Waals surface area (Å²) in [5, 5.41) is 26.2. The standard InChI is InChI=1S/C21H22N4O3S2/c1-12-6-3-4-7-14(12)24-19(27)18-17(15-8-5-9-29-15)13(10-22)20(25-21(18,2)28)30-11-16(23)26/h3-9,13,17-18,28H,11H2,1-2H3,(H2,23,26)(H,24,27)/t13-,17+,18-,21-/m0/s1. The number of nitrogens with zero attached hydrogens (tertiary/aromatic N) is 2. The first-order valence-electron chi connectivity index (χ1n) is 9.27. The SMILES string of the molecule is Cc1ccccc1NC(=O)[C@@H]1[C@@H](c2cccs2)[C@H](C#N)C(SCC(N)=O)=N[C@@]1(C)O. The summed E-state index contributed by atoms with van der Waals surface area (Å²) in [6.07, 6.45) is 0. The molecule has 4 atom stereocenters. The maximum Gasteiger partial charge on any atom is 0.233 e. The number of hydrogen-bond acceptors (Lipinski definition) is 7. The van der Waals surface area contributed by atoms with Crippen LogP contribution in [0.2, 0.25) is 0 Å². The first kappa shape index (κ1) is 22.0. The van der Waals surface area contributed by atoms with E-state index in [-0.39, 0.29) is 5.75 Å². The Morgan fingerprint density at radius 3 is 2.70 bits per heavy atom. The molecule has 1 aliphatic rings. The number of thiophene rings is 1. The Morgan fingerprint density at radius 1 is 1.37 bits per heavy atom. The number of rotatable bonds is 5. The van der Waals surface area contributed by atoms with Gasteiger partial charge in [-0.05, 0) is 36.9 Å². The van der Waals surface area contributed by atoms with E-state index in [4.69, 9.17) is 5.73 Å². The minimum atomic E-state index is -1.77. The molecule has 156 valence electrons. The highest BCUT2D eigenvalue weighted by Crippen LogP contribution is 2.47. The fourth-order valence-electron chi connectivity index (χ4n) is 3.60. The van der Waals surface area contributed by atoms with E-state index in [1.165, 1.54) is 18.3 Å². The largest absolute Gasteiger partial charge is 0.369 e. The van der Waals surface area contributed by atoms with Crippen molar-refractivity contribution in [3.63, 3.8) is 0 Å². The average Bonchev–Trinajstić information content (AvgIpc) is 3.21. The molecule has 0 fully saturated rings. The number of benzene rings is 1. The number of nitriles is 1. The van der Waals surface area contributed by atoms with E-state index in [1.807, 2.05) is 42.6 Å². The van der Waals surface area contributed by atoms with E-state index in [2.05, 4.69) is 16.4 Å². The fraction of sp³-hybridized carbons (Fsp3) is 0.333. The normalized spacial score (nSPS) is 25.8. The maximum absolute atomic E-state index is 13.3. The molecule has 1 aliphatic heterocycles. The van der Waals surface area contributed by atoms with E-state index in [1.54, 1.807) is 6.07 Å². The first-order chi connectivity index (χ1) is 14.2. The molecule has 0 aliphatic carbocycles. The lowest BCUT2D eigenvalue weighted by atomic mass is 9.73. The fourth-order valence-corrected chi connectivity index (χ4v) is 5.41. The number of aryl methyl sites for hydroxylation is 1. The van der Waals surface area contributed by atoms with Crippen LogP contribution in [0, 0.1) is 30.1 Å². The van der Waals surface area contributed by atoms with Crippen molar-refractivity contribution in [2.24, 2.45) is 22.6 Å². The van der Waals surface area contributed by atoms with Crippen LogP contribution < -0.4 is 11.1 Å². The van der Waals surface area contributed by atoms with Crippen LogP contribution in [-0.4, -0.2) is 33.4 Å². The third kappa shape index (κ3) is 4.56. The van der Waals surface area contributed by atoms with Crippen LogP contribution in [0.1, 0.15) is 23.3 Å². The quantitative estimate of drug-likeness (QED) is 0.656. The molecule has 0 unspecified atom stereocenters. The monoisotopic (exact) mass is 442 g/mol. The molecule has 0 saturated heterocycles. The van der Waals surface area contributed by atoms with Gasteiger partial charge < -0.3 is 16.2 Å². The number of thioether (sulfide) groups is 1. The van der Waals surface area contributed by atoms with Crippen molar-refractivity contribution in [3.8, 4) is 6.07 Å². The van der Waals surface area contributed by atoms with E-state index < -0.39 is 35.3 Å². The van der Waals surface area contributed by atoms with Gasteiger partial charge in [0.05, 0.1) is 22.8 Å². The minimum Gasteiger partial charge on any atom is -0.369 e. The van der Waals surface area contributed by atoms with E-state index in [9.17, 15) is 20.0 Å². The van der Waals surface area contributed by atoms with Crippen LogP contribution in [0.5, 0.6) is 0 Å². The lowest BCUT2D eigenvalue weighted by Gasteiger charge is -2.41. The van der Waals surface area contributed by atoms with Crippen molar-refractivity contribution in [1.82, 2.24) is 0 Å². The van der Waals surface area contributed by atoms with Crippen molar-refractivity contribution in [1.29, 1.82) is 5.26 Å². The summed E-state index contributed by atoms with van der Waals surface area (Å²) >= 11 is 2.44. The van der Waals surface area contributed by atoms with Gasteiger partial charge >= 0.3 is 0 Å². The number of para-hydroxylation sites is 1.